The van der Waals surface area contributed by atoms with Gasteiger partial charge in [-0.3, -0.25) is 9.59 Å². The van der Waals surface area contributed by atoms with Gasteiger partial charge in [0.1, 0.15) is 17.5 Å². The molecule has 3 rings (SSSR count). The topological polar surface area (TPSA) is 57.6 Å². The standard InChI is InChI=1S/C19H14F3NO3/c1-10(24)16-17(12-2-4-13(20)5-3-12)23(19(26)18(16)25)9-11-6-14(21)8-15(22)7-11/h2-8,17,25H,9H2,1H3. The van der Waals surface area contributed by atoms with Crippen molar-refractivity contribution >= 4 is 11.7 Å². The van der Waals surface area contributed by atoms with Gasteiger partial charge in [0.05, 0.1) is 11.6 Å². The van der Waals surface area contributed by atoms with E-state index >= 15 is 0 Å². The van der Waals surface area contributed by atoms with Crippen LogP contribution in [0.2, 0.25) is 0 Å². The molecule has 0 radical (unpaired) electrons. The van der Waals surface area contributed by atoms with Crippen molar-refractivity contribution in [3.05, 3.63) is 82.4 Å². The molecule has 0 aliphatic carbocycles. The molecule has 26 heavy (non-hydrogen) atoms. The maximum Gasteiger partial charge on any atom is 0.290 e. The molecule has 1 aliphatic rings. The van der Waals surface area contributed by atoms with Crippen molar-refractivity contribution in [2.75, 3.05) is 0 Å². The SMILES string of the molecule is CC(=O)C1=C(O)C(=O)N(Cc2cc(F)cc(F)c2)C1c1ccc(F)cc1. The average Bonchev–Trinajstić information content (AvgIpc) is 2.80. The van der Waals surface area contributed by atoms with E-state index < -0.39 is 40.9 Å². The first-order valence-electron chi connectivity index (χ1n) is 7.73. The molecule has 1 N–H and O–H groups in total. The van der Waals surface area contributed by atoms with E-state index in [0.29, 0.717) is 11.6 Å². The monoisotopic (exact) mass is 361 g/mol. The Balaban J connectivity index is 2.05. The predicted molar refractivity (Wildman–Crippen MR) is 86.4 cm³/mol. The summed E-state index contributed by atoms with van der Waals surface area (Å²) in [5.41, 5.74) is 0.407. The molecule has 0 spiro atoms. The molecule has 1 heterocycles. The van der Waals surface area contributed by atoms with Gasteiger partial charge in [0, 0.05) is 12.6 Å². The van der Waals surface area contributed by atoms with E-state index in [-0.39, 0.29) is 17.7 Å². The van der Waals surface area contributed by atoms with Gasteiger partial charge in [-0.2, -0.15) is 0 Å². The number of nitrogens with zero attached hydrogens (tertiary/aromatic N) is 1. The van der Waals surface area contributed by atoms with E-state index in [1.807, 2.05) is 0 Å². The Kier molecular flexibility index (Phi) is 4.54. The fourth-order valence-electron chi connectivity index (χ4n) is 3.07. The lowest BCUT2D eigenvalue weighted by Gasteiger charge is -2.26. The molecule has 134 valence electrons. The van der Waals surface area contributed by atoms with Crippen LogP contribution >= 0.6 is 0 Å². The first kappa shape index (κ1) is 17.7. The van der Waals surface area contributed by atoms with Crippen LogP contribution in [0.5, 0.6) is 0 Å². The number of rotatable bonds is 4. The van der Waals surface area contributed by atoms with Crippen LogP contribution in [0.3, 0.4) is 0 Å². The largest absolute Gasteiger partial charge is 0.503 e. The molecule has 1 amide bonds. The van der Waals surface area contributed by atoms with Crippen LogP contribution in [0.1, 0.15) is 24.1 Å². The lowest BCUT2D eigenvalue weighted by Crippen LogP contribution is -2.30. The Morgan fingerprint density at radius 1 is 1.04 bits per heavy atom. The average molecular weight is 361 g/mol. The first-order valence-corrected chi connectivity index (χ1v) is 7.73. The second kappa shape index (κ2) is 6.67. The number of hydrogen-bond acceptors (Lipinski definition) is 3. The zero-order valence-electron chi connectivity index (χ0n) is 13.7. The number of carbonyl (C=O) groups is 2. The van der Waals surface area contributed by atoms with Crippen molar-refractivity contribution in [1.82, 2.24) is 4.90 Å². The third-order valence-corrected chi connectivity index (χ3v) is 4.14. The first-order chi connectivity index (χ1) is 12.3. The molecule has 0 saturated heterocycles. The van der Waals surface area contributed by atoms with Crippen LogP contribution in [-0.2, 0) is 16.1 Å². The number of halogens is 3. The van der Waals surface area contributed by atoms with E-state index in [0.717, 1.165) is 29.2 Å². The molecule has 0 fully saturated rings. The van der Waals surface area contributed by atoms with Crippen molar-refractivity contribution in [3.8, 4) is 0 Å². The van der Waals surface area contributed by atoms with E-state index in [1.165, 1.54) is 19.1 Å². The molecule has 1 atom stereocenters. The van der Waals surface area contributed by atoms with Crippen molar-refractivity contribution in [1.29, 1.82) is 0 Å². The lowest BCUT2D eigenvalue weighted by molar-refractivity contribution is -0.130. The highest BCUT2D eigenvalue weighted by Gasteiger charge is 2.42. The van der Waals surface area contributed by atoms with E-state index in [1.54, 1.807) is 0 Å². The number of amides is 1. The Hall–Kier alpha value is -3.09. The summed E-state index contributed by atoms with van der Waals surface area (Å²) in [6.45, 7) is 0.955. The summed E-state index contributed by atoms with van der Waals surface area (Å²) in [5.74, 6) is -4.21. The maximum absolute atomic E-state index is 13.4. The Morgan fingerprint density at radius 2 is 1.62 bits per heavy atom. The highest BCUT2D eigenvalue weighted by atomic mass is 19.1. The Morgan fingerprint density at radius 3 is 2.15 bits per heavy atom. The van der Waals surface area contributed by atoms with Crippen LogP contribution in [0.15, 0.2) is 53.8 Å². The summed E-state index contributed by atoms with van der Waals surface area (Å²) in [6.07, 6.45) is 0. The molecule has 0 bridgehead atoms. The molecule has 1 aliphatic heterocycles. The molecule has 4 nitrogen and oxygen atoms in total. The number of aliphatic hydroxyl groups excluding tert-OH is 1. The zero-order chi connectivity index (χ0) is 19.0. The summed E-state index contributed by atoms with van der Waals surface area (Å²) in [6, 6.07) is 6.92. The molecule has 7 heteroatoms. The smallest absolute Gasteiger partial charge is 0.290 e. The van der Waals surface area contributed by atoms with Gasteiger partial charge in [-0.25, -0.2) is 13.2 Å². The third kappa shape index (κ3) is 3.20. The van der Waals surface area contributed by atoms with Crippen molar-refractivity contribution < 1.29 is 27.9 Å². The number of hydrogen-bond donors (Lipinski definition) is 1. The number of carbonyl (C=O) groups excluding carboxylic acids is 2. The number of benzene rings is 2. The summed E-state index contributed by atoms with van der Waals surface area (Å²) in [5, 5.41) is 10.1. The quantitative estimate of drug-likeness (QED) is 0.906. The second-order valence-corrected chi connectivity index (χ2v) is 5.98. The zero-order valence-corrected chi connectivity index (χ0v) is 13.7. The van der Waals surface area contributed by atoms with Gasteiger partial charge in [0.15, 0.2) is 11.5 Å². The van der Waals surface area contributed by atoms with Crippen LogP contribution in [0.4, 0.5) is 13.2 Å². The fraction of sp³-hybridized carbons (Fsp3) is 0.158. The van der Waals surface area contributed by atoms with Gasteiger partial charge < -0.3 is 10.0 Å². The van der Waals surface area contributed by atoms with E-state index in [9.17, 15) is 27.9 Å². The highest BCUT2D eigenvalue weighted by molar-refractivity contribution is 6.08. The van der Waals surface area contributed by atoms with Gasteiger partial charge in [-0.1, -0.05) is 12.1 Å². The minimum atomic E-state index is -0.980. The van der Waals surface area contributed by atoms with Crippen molar-refractivity contribution in [2.24, 2.45) is 0 Å². The highest BCUT2D eigenvalue weighted by Crippen LogP contribution is 2.38. The van der Waals surface area contributed by atoms with Crippen LogP contribution in [-0.4, -0.2) is 21.7 Å². The molecule has 2 aromatic carbocycles. The van der Waals surface area contributed by atoms with Gasteiger partial charge >= 0.3 is 0 Å². The molecule has 1 unspecified atom stereocenters. The molecule has 2 aromatic rings. The maximum atomic E-state index is 13.4. The summed E-state index contributed by atoms with van der Waals surface area (Å²) >= 11 is 0. The predicted octanol–water partition coefficient (Wildman–Crippen LogP) is 3.59. The van der Waals surface area contributed by atoms with Crippen molar-refractivity contribution in [2.45, 2.75) is 19.5 Å². The summed E-state index contributed by atoms with van der Waals surface area (Å²) in [7, 11) is 0. The molecular weight excluding hydrogens is 347 g/mol. The molecule has 0 aromatic heterocycles. The van der Waals surface area contributed by atoms with E-state index in [4.69, 9.17) is 0 Å². The molecule has 0 saturated carbocycles. The van der Waals surface area contributed by atoms with Gasteiger partial charge in [0.25, 0.3) is 5.91 Å². The second-order valence-electron chi connectivity index (χ2n) is 5.98. The Labute approximate surface area is 147 Å². The van der Waals surface area contributed by atoms with Crippen LogP contribution in [0, 0.1) is 17.5 Å². The number of aliphatic hydroxyl groups is 1. The summed E-state index contributed by atoms with van der Waals surface area (Å²) in [4.78, 5) is 25.5. The van der Waals surface area contributed by atoms with Gasteiger partial charge in [-0.05, 0) is 42.3 Å². The van der Waals surface area contributed by atoms with Crippen molar-refractivity contribution in [3.63, 3.8) is 0 Å². The fourth-order valence-corrected chi connectivity index (χ4v) is 3.07. The normalized spacial score (nSPS) is 17.2. The third-order valence-electron chi connectivity index (χ3n) is 4.14. The van der Waals surface area contributed by atoms with E-state index in [2.05, 4.69) is 0 Å². The van der Waals surface area contributed by atoms with Crippen LogP contribution < -0.4 is 0 Å². The molecular formula is C19H14F3NO3. The Bertz CT molecular complexity index is 902. The van der Waals surface area contributed by atoms with Gasteiger partial charge in [0.2, 0.25) is 0 Å². The van der Waals surface area contributed by atoms with Crippen LogP contribution in [0.25, 0.3) is 0 Å². The lowest BCUT2D eigenvalue weighted by atomic mass is 9.96. The number of Topliss-reactive ketones (excluding diaryl/α,β-unsaturated/α-hetero) is 1. The minimum absolute atomic E-state index is 0.140. The van der Waals surface area contributed by atoms with Gasteiger partial charge in [-0.15, -0.1) is 0 Å². The minimum Gasteiger partial charge on any atom is -0.503 e. The number of ketones is 1. The summed E-state index contributed by atoms with van der Waals surface area (Å²) < 4.78 is 40.1.